The van der Waals surface area contributed by atoms with E-state index in [0.717, 1.165) is 66.6 Å². The maximum Gasteiger partial charge on any atom is 0.137 e. The van der Waals surface area contributed by atoms with Gasteiger partial charge in [-0.25, -0.2) is 4.98 Å². The van der Waals surface area contributed by atoms with Gasteiger partial charge in [0.2, 0.25) is 0 Å². The molecule has 5 rings (SSSR count). The summed E-state index contributed by atoms with van der Waals surface area (Å²) in [6.07, 6.45) is 4.02. The highest BCUT2D eigenvalue weighted by Gasteiger charge is 2.10. The molecule has 1 saturated heterocycles. The molecule has 5 nitrogen and oxygen atoms in total. The van der Waals surface area contributed by atoms with Gasteiger partial charge in [-0.05, 0) is 35.4 Å². The van der Waals surface area contributed by atoms with Gasteiger partial charge in [-0.3, -0.25) is 9.30 Å². The summed E-state index contributed by atoms with van der Waals surface area (Å²) in [5.74, 6) is 0.903. The maximum atomic E-state index is 5.92. The molecule has 2 aromatic heterocycles. The van der Waals surface area contributed by atoms with Gasteiger partial charge in [-0.15, -0.1) is 0 Å². The van der Waals surface area contributed by atoms with Gasteiger partial charge in [0.05, 0.1) is 25.1 Å². The minimum atomic E-state index is 0.696. The van der Waals surface area contributed by atoms with Crippen LogP contribution in [0.15, 0.2) is 79.1 Å². The lowest BCUT2D eigenvalue weighted by molar-refractivity contribution is 0.0322. The second kappa shape index (κ2) is 8.69. The molecule has 30 heavy (non-hydrogen) atoms. The van der Waals surface area contributed by atoms with Crippen LogP contribution in [0.1, 0.15) is 0 Å². The van der Waals surface area contributed by atoms with Gasteiger partial charge in [0, 0.05) is 31.4 Å². The summed E-state index contributed by atoms with van der Waals surface area (Å²) in [6.45, 7) is 5.26. The lowest BCUT2D eigenvalue weighted by atomic mass is 10.1. The number of imidazole rings is 1. The Kier molecular flexibility index (Phi) is 5.46. The van der Waals surface area contributed by atoms with Gasteiger partial charge >= 0.3 is 0 Å². The number of rotatable bonds is 6. The molecule has 0 atom stereocenters. The van der Waals surface area contributed by atoms with Crippen LogP contribution < -0.4 is 4.74 Å². The van der Waals surface area contributed by atoms with Crippen molar-refractivity contribution in [3.05, 3.63) is 79.1 Å². The van der Waals surface area contributed by atoms with Crippen LogP contribution in [-0.4, -0.2) is 53.7 Å². The Morgan fingerprint density at radius 1 is 0.867 bits per heavy atom. The SMILES string of the molecule is c1ccc(-c2cnc3cc(-c4ccc(OCCN5CCOCC5)cc4)ccn23)cc1. The van der Waals surface area contributed by atoms with Crippen LogP contribution in [0.5, 0.6) is 5.75 Å². The zero-order valence-corrected chi connectivity index (χ0v) is 16.9. The molecule has 152 valence electrons. The molecule has 5 heteroatoms. The van der Waals surface area contributed by atoms with Crippen molar-refractivity contribution in [2.75, 3.05) is 39.5 Å². The zero-order chi connectivity index (χ0) is 20.2. The number of aromatic nitrogens is 2. The summed E-state index contributed by atoms with van der Waals surface area (Å²) < 4.78 is 13.4. The maximum absolute atomic E-state index is 5.92. The summed E-state index contributed by atoms with van der Waals surface area (Å²) >= 11 is 0. The Morgan fingerprint density at radius 3 is 2.47 bits per heavy atom. The molecule has 0 aliphatic carbocycles. The molecule has 0 saturated carbocycles. The molecule has 1 aliphatic rings. The third-order valence-corrected chi connectivity index (χ3v) is 5.55. The molecule has 4 aromatic rings. The Bertz CT molecular complexity index is 1100. The lowest BCUT2D eigenvalue weighted by Gasteiger charge is -2.26. The van der Waals surface area contributed by atoms with E-state index in [4.69, 9.17) is 9.47 Å². The molecule has 1 aliphatic heterocycles. The summed E-state index contributed by atoms with van der Waals surface area (Å²) in [6, 6.07) is 22.9. The highest BCUT2D eigenvalue weighted by molar-refractivity contribution is 5.71. The Hall–Kier alpha value is -3.15. The van der Waals surface area contributed by atoms with Crippen LogP contribution in [-0.2, 0) is 4.74 Å². The quantitative estimate of drug-likeness (QED) is 0.482. The Balaban J connectivity index is 1.27. The fourth-order valence-corrected chi connectivity index (χ4v) is 3.84. The van der Waals surface area contributed by atoms with E-state index in [1.54, 1.807) is 0 Å². The number of fused-ring (bicyclic) bond motifs is 1. The summed E-state index contributed by atoms with van der Waals surface area (Å²) in [5, 5.41) is 0. The Labute approximate surface area is 176 Å². The van der Waals surface area contributed by atoms with Gasteiger partial charge in [-0.1, -0.05) is 42.5 Å². The third kappa shape index (κ3) is 4.08. The highest BCUT2D eigenvalue weighted by atomic mass is 16.5. The first kappa shape index (κ1) is 18.9. The number of benzene rings is 2. The number of pyridine rings is 1. The standard InChI is InChI=1S/C25H25N3O2/c1-2-4-21(5-3-1)24-19-26-25-18-22(10-11-28(24)25)20-6-8-23(9-7-20)30-17-14-27-12-15-29-16-13-27/h1-11,18-19H,12-17H2. The molecule has 0 N–H and O–H groups in total. The molecule has 0 bridgehead atoms. The molecule has 0 spiro atoms. The second-order valence-corrected chi connectivity index (χ2v) is 7.48. The van der Waals surface area contributed by atoms with Crippen molar-refractivity contribution in [3.63, 3.8) is 0 Å². The molecular formula is C25H25N3O2. The van der Waals surface area contributed by atoms with Gasteiger partial charge in [-0.2, -0.15) is 0 Å². The molecule has 3 heterocycles. The Morgan fingerprint density at radius 2 is 1.67 bits per heavy atom. The molecule has 0 amide bonds. The highest BCUT2D eigenvalue weighted by Crippen LogP contribution is 2.26. The van der Waals surface area contributed by atoms with E-state index in [9.17, 15) is 0 Å². The van der Waals surface area contributed by atoms with Gasteiger partial charge in [0.1, 0.15) is 18.0 Å². The predicted molar refractivity (Wildman–Crippen MR) is 119 cm³/mol. The number of ether oxygens (including phenoxy) is 2. The summed E-state index contributed by atoms with van der Waals surface area (Å²) in [4.78, 5) is 6.98. The third-order valence-electron chi connectivity index (χ3n) is 5.55. The minimum Gasteiger partial charge on any atom is -0.492 e. The van der Waals surface area contributed by atoms with Crippen LogP contribution in [0, 0.1) is 0 Å². The summed E-state index contributed by atoms with van der Waals surface area (Å²) in [7, 11) is 0. The molecular weight excluding hydrogens is 374 g/mol. The zero-order valence-electron chi connectivity index (χ0n) is 16.9. The van der Waals surface area contributed by atoms with E-state index < -0.39 is 0 Å². The number of hydrogen-bond acceptors (Lipinski definition) is 4. The van der Waals surface area contributed by atoms with Crippen molar-refractivity contribution in [1.82, 2.24) is 14.3 Å². The van der Waals surface area contributed by atoms with Gasteiger partial charge in [0.25, 0.3) is 0 Å². The van der Waals surface area contributed by atoms with Crippen molar-refractivity contribution in [1.29, 1.82) is 0 Å². The lowest BCUT2D eigenvalue weighted by Crippen LogP contribution is -2.38. The molecule has 1 fully saturated rings. The fourth-order valence-electron chi connectivity index (χ4n) is 3.84. The van der Waals surface area contributed by atoms with E-state index in [-0.39, 0.29) is 0 Å². The average molecular weight is 399 g/mol. The molecule has 0 unspecified atom stereocenters. The van der Waals surface area contributed by atoms with E-state index in [1.165, 1.54) is 0 Å². The van der Waals surface area contributed by atoms with Crippen molar-refractivity contribution >= 4 is 5.65 Å². The van der Waals surface area contributed by atoms with Crippen LogP contribution in [0.3, 0.4) is 0 Å². The topological polar surface area (TPSA) is 39.0 Å². The largest absolute Gasteiger partial charge is 0.492 e. The van der Waals surface area contributed by atoms with Crippen molar-refractivity contribution in [2.24, 2.45) is 0 Å². The normalized spacial score (nSPS) is 14.8. The van der Waals surface area contributed by atoms with Gasteiger partial charge < -0.3 is 9.47 Å². The first-order valence-electron chi connectivity index (χ1n) is 10.4. The van der Waals surface area contributed by atoms with E-state index in [0.29, 0.717) is 6.61 Å². The average Bonchev–Trinajstić information content (AvgIpc) is 3.24. The van der Waals surface area contributed by atoms with E-state index in [2.05, 4.69) is 56.9 Å². The first-order chi connectivity index (χ1) is 14.9. The second-order valence-electron chi connectivity index (χ2n) is 7.48. The van der Waals surface area contributed by atoms with Crippen molar-refractivity contribution in [2.45, 2.75) is 0 Å². The first-order valence-corrected chi connectivity index (χ1v) is 10.4. The molecule has 2 aromatic carbocycles. The van der Waals surface area contributed by atoms with E-state index >= 15 is 0 Å². The minimum absolute atomic E-state index is 0.696. The summed E-state index contributed by atoms with van der Waals surface area (Å²) in [5.41, 5.74) is 5.50. The number of hydrogen-bond donors (Lipinski definition) is 0. The number of morpholine rings is 1. The van der Waals surface area contributed by atoms with Crippen LogP contribution >= 0.6 is 0 Å². The van der Waals surface area contributed by atoms with Gasteiger partial charge in [0.15, 0.2) is 0 Å². The van der Waals surface area contributed by atoms with E-state index in [1.807, 2.05) is 36.5 Å². The van der Waals surface area contributed by atoms with Crippen molar-refractivity contribution < 1.29 is 9.47 Å². The van der Waals surface area contributed by atoms with Crippen LogP contribution in [0.25, 0.3) is 28.0 Å². The smallest absolute Gasteiger partial charge is 0.137 e. The van der Waals surface area contributed by atoms with Crippen LogP contribution in [0.2, 0.25) is 0 Å². The molecule has 0 radical (unpaired) electrons. The fraction of sp³-hybridized carbons (Fsp3) is 0.240. The predicted octanol–water partition coefficient (Wildman–Crippen LogP) is 4.38. The van der Waals surface area contributed by atoms with Crippen molar-refractivity contribution in [3.8, 4) is 28.1 Å². The number of nitrogens with zero attached hydrogens (tertiary/aromatic N) is 3. The van der Waals surface area contributed by atoms with Crippen LogP contribution in [0.4, 0.5) is 0 Å². The monoisotopic (exact) mass is 399 g/mol.